The second-order valence-corrected chi connectivity index (χ2v) is 5.17. The lowest BCUT2D eigenvalue weighted by Gasteiger charge is -2.26. The van der Waals surface area contributed by atoms with E-state index in [2.05, 4.69) is 0 Å². The number of hydrogen-bond acceptors (Lipinski definition) is 3. The van der Waals surface area contributed by atoms with Crippen LogP contribution in [0.2, 0.25) is 0 Å². The minimum Gasteiger partial charge on any atom is -0.480 e. The zero-order valence-corrected chi connectivity index (χ0v) is 10.7. The molecule has 1 aliphatic rings. The van der Waals surface area contributed by atoms with E-state index in [1.165, 1.54) is 16.2 Å². The molecular formula is C12H15NO3S. The fraction of sp³-hybridized carbons (Fsp3) is 0.500. The van der Waals surface area contributed by atoms with Gasteiger partial charge in [-0.1, -0.05) is 0 Å². The molecule has 1 fully saturated rings. The third-order valence-corrected chi connectivity index (χ3v) is 3.90. The lowest BCUT2D eigenvalue weighted by Crippen LogP contribution is -2.44. The summed E-state index contributed by atoms with van der Waals surface area (Å²) in [6.45, 7) is 3.44. The molecule has 1 unspecified atom stereocenters. The zero-order chi connectivity index (χ0) is 12.6. The third-order valence-electron chi connectivity index (χ3n) is 3.04. The van der Waals surface area contributed by atoms with Gasteiger partial charge in [-0.05, 0) is 37.6 Å². The topological polar surface area (TPSA) is 57.6 Å². The van der Waals surface area contributed by atoms with Gasteiger partial charge in [0.2, 0.25) is 0 Å². The number of carbonyl (C=O) groups excluding carboxylic acids is 1. The largest absolute Gasteiger partial charge is 0.480 e. The van der Waals surface area contributed by atoms with E-state index in [1.807, 2.05) is 12.3 Å². The highest BCUT2D eigenvalue weighted by Crippen LogP contribution is 2.31. The van der Waals surface area contributed by atoms with Gasteiger partial charge < -0.3 is 10.0 Å². The van der Waals surface area contributed by atoms with Crippen molar-refractivity contribution in [2.45, 2.75) is 38.8 Å². The van der Waals surface area contributed by atoms with E-state index in [0.29, 0.717) is 5.56 Å². The SMILES string of the molecule is Cc1cscc1C(=O)N(C1CC1)C(C)C(=O)O. The van der Waals surface area contributed by atoms with Crippen molar-refractivity contribution in [2.24, 2.45) is 0 Å². The number of aryl methyl sites for hydroxylation is 1. The van der Waals surface area contributed by atoms with Crippen molar-refractivity contribution in [3.8, 4) is 0 Å². The Kier molecular flexibility index (Phi) is 3.19. The molecular weight excluding hydrogens is 238 g/mol. The summed E-state index contributed by atoms with van der Waals surface area (Å²) in [6, 6.07) is -0.651. The maximum Gasteiger partial charge on any atom is 0.326 e. The Balaban J connectivity index is 2.25. The molecule has 17 heavy (non-hydrogen) atoms. The summed E-state index contributed by atoms with van der Waals surface area (Å²) in [5.41, 5.74) is 1.55. The van der Waals surface area contributed by atoms with Crippen molar-refractivity contribution in [3.05, 3.63) is 21.9 Å². The summed E-state index contributed by atoms with van der Waals surface area (Å²) in [4.78, 5) is 24.9. The highest BCUT2D eigenvalue weighted by molar-refractivity contribution is 7.08. The maximum atomic E-state index is 12.3. The number of carboxylic acids is 1. The summed E-state index contributed by atoms with van der Waals surface area (Å²) in [7, 11) is 0. The van der Waals surface area contributed by atoms with Gasteiger partial charge in [0, 0.05) is 11.4 Å². The number of aliphatic carboxylic acids is 1. The number of carboxylic acid groups (broad SMARTS) is 1. The first-order valence-corrected chi connectivity index (χ1v) is 6.55. The average molecular weight is 253 g/mol. The first kappa shape index (κ1) is 12.1. The van der Waals surface area contributed by atoms with Gasteiger partial charge in [0.25, 0.3) is 5.91 Å². The smallest absolute Gasteiger partial charge is 0.326 e. The molecule has 0 radical (unpaired) electrons. The molecule has 1 saturated carbocycles. The third kappa shape index (κ3) is 2.34. The van der Waals surface area contributed by atoms with Gasteiger partial charge in [-0.2, -0.15) is 11.3 Å². The van der Waals surface area contributed by atoms with E-state index in [9.17, 15) is 9.59 Å². The second-order valence-electron chi connectivity index (χ2n) is 4.43. The molecule has 0 saturated heterocycles. The van der Waals surface area contributed by atoms with E-state index in [-0.39, 0.29) is 11.9 Å². The summed E-state index contributed by atoms with van der Waals surface area (Å²) < 4.78 is 0. The van der Waals surface area contributed by atoms with Crippen molar-refractivity contribution in [1.82, 2.24) is 4.90 Å². The van der Waals surface area contributed by atoms with Crippen LogP contribution in [0.25, 0.3) is 0 Å². The van der Waals surface area contributed by atoms with Gasteiger partial charge >= 0.3 is 5.97 Å². The lowest BCUT2D eigenvalue weighted by molar-refractivity contribution is -0.141. The molecule has 5 heteroatoms. The Morgan fingerprint density at radius 1 is 1.47 bits per heavy atom. The molecule has 0 spiro atoms. The van der Waals surface area contributed by atoms with E-state index >= 15 is 0 Å². The Hall–Kier alpha value is -1.36. The van der Waals surface area contributed by atoms with Crippen LogP contribution in [-0.4, -0.2) is 34.0 Å². The summed E-state index contributed by atoms with van der Waals surface area (Å²) in [5, 5.41) is 12.8. The number of carbonyl (C=O) groups is 2. The van der Waals surface area contributed by atoms with Crippen LogP contribution in [0.4, 0.5) is 0 Å². The number of thiophene rings is 1. The van der Waals surface area contributed by atoms with Gasteiger partial charge in [-0.15, -0.1) is 0 Å². The Morgan fingerprint density at radius 2 is 2.12 bits per heavy atom. The standard InChI is InChI=1S/C12H15NO3S/c1-7-5-17-6-10(7)11(14)13(9-3-4-9)8(2)12(15)16/h5-6,8-9H,3-4H2,1-2H3,(H,15,16). The maximum absolute atomic E-state index is 12.3. The minimum atomic E-state index is -0.946. The Labute approximate surface area is 104 Å². The van der Waals surface area contributed by atoms with E-state index in [4.69, 9.17) is 5.11 Å². The van der Waals surface area contributed by atoms with Gasteiger partial charge in [0.1, 0.15) is 6.04 Å². The molecule has 2 rings (SSSR count). The molecule has 92 valence electrons. The highest BCUT2D eigenvalue weighted by Gasteiger charge is 2.39. The van der Waals surface area contributed by atoms with Crippen molar-refractivity contribution in [1.29, 1.82) is 0 Å². The fourth-order valence-corrected chi connectivity index (χ4v) is 2.67. The first-order valence-electron chi connectivity index (χ1n) is 5.60. The van der Waals surface area contributed by atoms with Crippen LogP contribution in [0.5, 0.6) is 0 Å². The van der Waals surface area contributed by atoms with Crippen LogP contribution in [-0.2, 0) is 4.79 Å². The number of rotatable bonds is 4. The second kappa shape index (κ2) is 4.49. The van der Waals surface area contributed by atoms with Crippen LogP contribution in [0.15, 0.2) is 10.8 Å². The summed E-state index contributed by atoms with van der Waals surface area (Å²) in [6.07, 6.45) is 1.82. The minimum absolute atomic E-state index is 0.105. The number of hydrogen-bond donors (Lipinski definition) is 1. The molecule has 0 aliphatic heterocycles. The molecule has 1 aromatic heterocycles. The van der Waals surface area contributed by atoms with Gasteiger partial charge in [0.05, 0.1) is 5.56 Å². The predicted octanol–water partition coefficient (Wildman–Crippen LogP) is 2.13. The van der Waals surface area contributed by atoms with Gasteiger partial charge in [0.15, 0.2) is 0 Å². The molecule has 0 aromatic carbocycles. The van der Waals surface area contributed by atoms with Crippen LogP contribution >= 0.6 is 11.3 Å². The monoisotopic (exact) mass is 253 g/mol. The molecule has 1 amide bonds. The summed E-state index contributed by atoms with van der Waals surface area (Å²) in [5.74, 6) is -1.10. The Morgan fingerprint density at radius 3 is 2.53 bits per heavy atom. The van der Waals surface area contributed by atoms with Crippen molar-refractivity contribution in [2.75, 3.05) is 0 Å². The predicted molar refractivity (Wildman–Crippen MR) is 65.3 cm³/mol. The normalized spacial score (nSPS) is 16.6. The molecule has 1 aromatic rings. The van der Waals surface area contributed by atoms with Crippen LogP contribution in [0, 0.1) is 6.92 Å². The van der Waals surface area contributed by atoms with E-state index < -0.39 is 12.0 Å². The highest BCUT2D eigenvalue weighted by atomic mass is 32.1. The molecule has 1 atom stereocenters. The van der Waals surface area contributed by atoms with E-state index in [0.717, 1.165) is 18.4 Å². The van der Waals surface area contributed by atoms with Gasteiger partial charge in [-0.3, -0.25) is 4.79 Å². The number of nitrogens with zero attached hydrogens (tertiary/aromatic N) is 1. The molecule has 4 nitrogen and oxygen atoms in total. The van der Waals surface area contributed by atoms with Crippen LogP contribution in [0.1, 0.15) is 35.7 Å². The van der Waals surface area contributed by atoms with Gasteiger partial charge in [-0.25, -0.2) is 4.79 Å². The molecule has 0 bridgehead atoms. The molecule has 1 N–H and O–H groups in total. The van der Waals surface area contributed by atoms with Crippen molar-refractivity contribution in [3.63, 3.8) is 0 Å². The molecule has 1 heterocycles. The average Bonchev–Trinajstić information content (AvgIpc) is 3.00. The first-order chi connectivity index (χ1) is 8.02. The van der Waals surface area contributed by atoms with Crippen molar-refractivity contribution < 1.29 is 14.7 Å². The van der Waals surface area contributed by atoms with Crippen molar-refractivity contribution >= 4 is 23.2 Å². The number of amides is 1. The zero-order valence-electron chi connectivity index (χ0n) is 9.84. The quantitative estimate of drug-likeness (QED) is 0.894. The molecule has 1 aliphatic carbocycles. The Bertz CT molecular complexity index is 450. The lowest BCUT2D eigenvalue weighted by atomic mass is 10.1. The summed E-state index contributed by atoms with van der Waals surface area (Å²) >= 11 is 1.47. The van der Waals surface area contributed by atoms with E-state index in [1.54, 1.807) is 12.3 Å². The van der Waals surface area contributed by atoms with Crippen LogP contribution < -0.4 is 0 Å². The van der Waals surface area contributed by atoms with Crippen LogP contribution in [0.3, 0.4) is 0 Å². The fourth-order valence-electron chi connectivity index (χ4n) is 1.85.